The molecule has 0 atom stereocenters. The van der Waals surface area contributed by atoms with Crippen molar-refractivity contribution >= 4 is 29.1 Å². The van der Waals surface area contributed by atoms with Gasteiger partial charge in [0, 0.05) is 31.2 Å². The number of nitrogens with zero attached hydrogens (tertiary/aromatic N) is 3. The Balaban J connectivity index is 1.71. The lowest BCUT2D eigenvalue weighted by atomic mass is 10.2. The summed E-state index contributed by atoms with van der Waals surface area (Å²) in [6, 6.07) is 3.20. The lowest BCUT2D eigenvalue weighted by Crippen LogP contribution is -2.26. The SMILES string of the molecule is O=C(Nc1ccc(Cl)c(C(F)(F)F)c1)c1cnc(N2CCCCCC2)nc1. The molecule has 1 aliphatic rings. The van der Waals surface area contributed by atoms with Crippen LogP contribution < -0.4 is 10.2 Å². The Kier molecular flexibility index (Phi) is 5.84. The number of hydrogen-bond acceptors (Lipinski definition) is 4. The molecule has 1 fully saturated rings. The first-order valence-electron chi connectivity index (χ1n) is 8.60. The zero-order chi connectivity index (χ0) is 19.4. The van der Waals surface area contributed by atoms with Crippen molar-refractivity contribution in [1.29, 1.82) is 0 Å². The number of carbonyl (C=O) groups is 1. The minimum Gasteiger partial charge on any atom is -0.341 e. The Bertz CT molecular complexity index is 803. The molecule has 1 saturated heterocycles. The molecule has 0 unspecified atom stereocenters. The van der Waals surface area contributed by atoms with E-state index < -0.39 is 22.7 Å². The summed E-state index contributed by atoms with van der Waals surface area (Å²) in [6.07, 6.45) is 2.66. The van der Waals surface area contributed by atoms with E-state index in [1.165, 1.54) is 31.3 Å². The summed E-state index contributed by atoms with van der Waals surface area (Å²) in [5, 5.41) is 1.99. The van der Waals surface area contributed by atoms with E-state index >= 15 is 0 Å². The van der Waals surface area contributed by atoms with E-state index in [-0.39, 0.29) is 11.3 Å². The van der Waals surface area contributed by atoms with Crippen LogP contribution >= 0.6 is 11.6 Å². The minimum absolute atomic E-state index is 0.00619. The van der Waals surface area contributed by atoms with Gasteiger partial charge in [0.05, 0.1) is 16.1 Å². The van der Waals surface area contributed by atoms with Gasteiger partial charge in [-0.05, 0) is 31.0 Å². The summed E-state index contributed by atoms with van der Waals surface area (Å²) >= 11 is 5.58. The molecule has 9 heteroatoms. The molecule has 1 aromatic carbocycles. The first kappa shape index (κ1) is 19.4. The molecule has 1 aliphatic heterocycles. The summed E-state index contributed by atoms with van der Waals surface area (Å²) in [4.78, 5) is 22.8. The molecule has 5 nitrogen and oxygen atoms in total. The maximum absolute atomic E-state index is 12.9. The molecule has 1 aromatic heterocycles. The lowest BCUT2D eigenvalue weighted by Gasteiger charge is -2.19. The number of benzene rings is 1. The fraction of sp³-hybridized carbons (Fsp3) is 0.389. The Morgan fingerprint density at radius 2 is 1.70 bits per heavy atom. The van der Waals surface area contributed by atoms with Gasteiger partial charge in [0.15, 0.2) is 0 Å². The first-order chi connectivity index (χ1) is 12.8. The van der Waals surface area contributed by atoms with E-state index in [9.17, 15) is 18.0 Å². The highest BCUT2D eigenvalue weighted by Crippen LogP contribution is 2.36. The normalized spacial score (nSPS) is 15.3. The number of halogens is 4. The molecule has 2 aromatic rings. The second-order valence-corrected chi connectivity index (χ2v) is 6.73. The Hall–Kier alpha value is -2.35. The lowest BCUT2D eigenvalue weighted by molar-refractivity contribution is -0.137. The average Bonchev–Trinajstić information content (AvgIpc) is 2.92. The standard InChI is InChI=1S/C18H18ClF3N4O/c19-15-6-5-13(9-14(15)18(20,21)22)25-16(27)12-10-23-17(24-11-12)26-7-3-1-2-4-8-26/h5-6,9-11H,1-4,7-8H2,(H,25,27). The molecule has 0 bridgehead atoms. The number of aromatic nitrogens is 2. The molecule has 144 valence electrons. The summed E-state index contributed by atoms with van der Waals surface area (Å²) in [5.74, 6) is -0.0350. The number of amides is 1. The zero-order valence-corrected chi connectivity index (χ0v) is 15.1. The van der Waals surface area contributed by atoms with Gasteiger partial charge >= 0.3 is 6.18 Å². The van der Waals surface area contributed by atoms with E-state index in [4.69, 9.17) is 11.6 Å². The van der Waals surface area contributed by atoms with Crippen molar-refractivity contribution in [3.63, 3.8) is 0 Å². The Morgan fingerprint density at radius 1 is 1.07 bits per heavy atom. The van der Waals surface area contributed by atoms with Gasteiger partial charge < -0.3 is 10.2 Å². The topological polar surface area (TPSA) is 58.1 Å². The number of rotatable bonds is 3. The van der Waals surface area contributed by atoms with Crippen molar-refractivity contribution in [1.82, 2.24) is 9.97 Å². The van der Waals surface area contributed by atoms with Crippen molar-refractivity contribution in [2.45, 2.75) is 31.9 Å². The van der Waals surface area contributed by atoms with Crippen molar-refractivity contribution in [3.8, 4) is 0 Å². The van der Waals surface area contributed by atoms with Gasteiger partial charge in [-0.15, -0.1) is 0 Å². The molecule has 3 rings (SSSR count). The quantitative estimate of drug-likeness (QED) is 0.808. The van der Waals surface area contributed by atoms with E-state index in [1.807, 2.05) is 0 Å². The number of alkyl halides is 3. The molecule has 0 radical (unpaired) electrons. The van der Waals surface area contributed by atoms with Crippen LogP contribution in [0, 0.1) is 0 Å². The van der Waals surface area contributed by atoms with Crippen LogP contribution in [0.5, 0.6) is 0 Å². The molecule has 0 spiro atoms. The fourth-order valence-electron chi connectivity index (χ4n) is 2.90. The summed E-state index contributed by atoms with van der Waals surface area (Å²) < 4.78 is 38.8. The van der Waals surface area contributed by atoms with E-state index in [0.29, 0.717) is 5.95 Å². The highest BCUT2D eigenvalue weighted by Gasteiger charge is 2.33. The minimum atomic E-state index is -4.60. The summed E-state index contributed by atoms with van der Waals surface area (Å²) in [6.45, 7) is 1.74. The molecule has 0 saturated carbocycles. The predicted molar refractivity (Wildman–Crippen MR) is 97.1 cm³/mol. The average molecular weight is 399 g/mol. The van der Waals surface area contributed by atoms with Crippen molar-refractivity contribution in [2.75, 3.05) is 23.3 Å². The molecule has 27 heavy (non-hydrogen) atoms. The van der Waals surface area contributed by atoms with Gasteiger partial charge in [0.2, 0.25) is 5.95 Å². The maximum Gasteiger partial charge on any atom is 0.417 e. The van der Waals surface area contributed by atoms with Gasteiger partial charge in [-0.3, -0.25) is 4.79 Å². The van der Waals surface area contributed by atoms with E-state index in [0.717, 1.165) is 38.1 Å². The van der Waals surface area contributed by atoms with Gasteiger partial charge in [-0.2, -0.15) is 13.2 Å². The number of nitrogens with one attached hydrogen (secondary N) is 1. The van der Waals surface area contributed by atoms with E-state index in [2.05, 4.69) is 20.2 Å². The number of hydrogen-bond donors (Lipinski definition) is 1. The Morgan fingerprint density at radius 3 is 2.30 bits per heavy atom. The third-order valence-corrected chi connectivity index (χ3v) is 4.65. The van der Waals surface area contributed by atoms with Crippen molar-refractivity contribution in [2.24, 2.45) is 0 Å². The first-order valence-corrected chi connectivity index (χ1v) is 8.97. The monoisotopic (exact) mass is 398 g/mol. The molecule has 2 heterocycles. The largest absolute Gasteiger partial charge is 0.417 e. The molecule has 0 aliphatic carbocycles. The number of carbonyl (C=O) groups excluding carboxylic acids is 1. The van der Waals surface area contributed by atoms with Crippen LogP contribution in [0.15, 0.2) is 30.6 Å². The van der Waals surface area contributed by atoms with Gasteiger partial charge in [-0.25, -0.2) is 9.97 Å². The second-order valence-electron chi connectivity index (χ2n) is 6.32. The van der Waals surface area contributed by atoms with Crippen molar-refractivity contribution in [3.05, 3.63) is 46.7 Å². The second kappa shape index (κ2) is 8.12. The van der Waals surface area contributed by atoms with Crippen molar-refractivity contribution < 1.29 is 18.0 Å². The summed E-state index contributed by atoms with van der Waals surface area (Å²) in [5.41, 5.74) is -0.847. The van der Waals surface area contributed by atoms with E-state index in [1.54, 1.807) is 0 Å². The van der Waals surface area contributed by atoms with Gasteiger partial charge in [0.1, 0.15) is 0 Å². The smallest absolute Gasteiger partial charge is 0.341 e. The number of anilines is 2. The van der Waals surface area contributed by atoms with Crippen LogP contribution in [-0.4, -0.2) is 29.0 Å². The third-order valence-electron chi connectivity index (χ3n) is 4.32. The third kappa shape index (κ3) is 4.88. The summed E-state index contributed by atoms with van der Waals surface area (Å²) in [7, 11) is 0. The molecule has 1 N–H and O–H groups in total. The van der Waals surface area contributed by atoms with Crippen LogP contribution in [0.4, 0.5) is 24.8 Å². The highest BCUT2D eigenvalue weighted by atomic mass is 35.5. The molecule has 1 amide bonds. The van der Waals surface area contributed by atoms with Gasteiger partial charge in [-0.1, -0.05) is 24.4 Å². The maximum atomic E-state index is 12.9. The van der Waals surface area contributed by atoms with Crippen LogP contribution in [0.3, 0.4) is 0 Å². The van der Waals surface area contributed by atoms with Crippen LogP contribution in [0.1, 0.15) is 41.6 Å². The predicted octanol–water partition coefficient (Wildman–Crippen LogP) is 4.78. The van der Waals surface area contributed by atoms with Gasteiger partial charge in [0.25, 0.3) is 5.91 Å². The highest BCUT2D eigenvalue weighted by molar-refractivity contribution is 6.31. The van der Waals surface area contributed by atoms with Crippen LogP contribution in [0.2, 0.25) is 5.02 Å². The Labute approximate surface area is 159 Å². The molecular weight excluding hydrogens is 381 g/mol. The molecular formula is C18H18ClF3N4O. The fourth-order valence-corrected chi connectivity index (χ4v) is 3.12. The zero-order valence-electron chi connectivity index (χ0n) is 14.4. The van der Waals surface area contributed by atoms with Crippen LogP contribution in [0.25, 0.3) is 0 Å². The van der Waals surface area contributed by atoms with Crippen LogP contribution in [-0.2, 0) is 6.18 Å².